The zero-order chi connectivity index (χ0) is 34.4. The van der Waals surface area contributed by atoms with Gasteiger partial charge in [0.2, 0.25) is 0 Å². The predicted octanol–water partition coefficient (Wildman–Crippen LogP) is 5.68. The van der Waals surface area contributed by atoms with Gasteiger partial charge in [0, 0.05) is 35.5 Å². The van der Waals surface area contributed by atoms with E-state index in [2.05, 4.69) is 15.6 Å². The highest BCUT2D eigenvalue weighted by Crippen LogP contribution is 2.47. The number of aliphatic hydroxyl groups excluding tert-OH is 1. The lowest BCUT2D eigenvalue weighted by Crippen LogP contribution is -2.44. The van der Waals surface area contributed by atoms with Gasteiger partial charge in [-0.15, -0.1) is 5.10 Å². The average molecular weight is 658 g/mol. The number of rotatable bonds is 13. The summed E-state index contributed by atoms with van der Waals surface area (Å²) in [6, 6.07) is 31.3. The highest BCUT2D eigenvalue weighted by Gasteiger charge is 2.52. The summed E-state index contributed by atoms with van der Waals surface area (Å²) in [4.78, 5) is 28.2. The van der Waals surface area contributed by atoms with Gasteiger partial charge >= 0.3 is 0 Å². The van der Waals surface area contributed by atoms with Crippen LogP contribution in [0, 0.1) is 5.92 Å². The molecule has 3 atom stereocenters. The number of aromatic nitrogens is 3. The molecule has 10 heteroatoms. The number of anilines is 2. The molecule has 0 saturated carbocycles. The number of hydrogen-bond donors (Lipinski definition) is 3. The van der Waals surface area contributed by atoms with Gasteiger partial charge in [-0.25, -0.2) is 0 Å². The predicted molar refractivity (Wildman–Crippen MR) is 187 cm³/mol. The third-order valence-corrected chi connectivity index (χ3v) is 8.97. The number of nitrogens with zero attached hydrogens (tertiary/aromatic N) is 4. The molecule has 0 fully saturated rings. The maximum atomic E-state index is 14.1. The van der Waals surface area contributed by atoms with E-state index in [1.165, 1.54) is 0 Å². The number of fused-ring (bicyclic) bond motifs is 1. The minimum absolute atomic E-state index is 0.0751. The van der Waals surface area contributed by atoms with E-state index in [1.54, 1.807) is 59.2 Å². The topological polar surface area (TPSA) is 130 Å². The summed E-state index contributed by atoms with van der Waals surface area (Å²) < 4.78 is 7.18. The Morgan fingerprint density at radius 2 is 1.71 bits per heavy atom. The Balaban J connectivity index is 1.13. The first kappa shape index (κ1) is 33.3. The normalized spacial score (nSPS) is 16.8. The summed E-state index contributed by atoms with van der Waals surface area (Å²) in [6.45, 7) is 2.52. The maximum absolute atomic E-state index is 14.1. The van der Waals surface area contributed by atoms with Crippen molar-refractivity contribution in [3.63, 3.8) is 0 Å². The van der Waals surface area contributed by atoms with E-state index in [-0.39, 0.29) is 25.0 Å². The van der Waals surface area contributed by atoms with Crippen molar-refractivity contribution < 1.29 is 24.5 Å². The van der Waals surface area contributed by atoms with Crippen molar-refractivity contribution in [2.24, 2.45) is 5.92 Å². The van der Waals surface area contributed by atoms with Gasteiger partial charge in [-0.3, -0.25) is 14.3 Å². The number of methoxy groups -OCH3 is 1. The van der Waals surface area contributed by atoms with Gasteiger partial charge in [0.05, 0.1) is 37.6 Å². The van der Waals surface area contributed by atoms with Crippen molar-refractivity contribution in [2.75, 3.05) is 23.9 Å². The van der Waals surface area contributed by atoms with Crippen LogP contribution in [0.1, 0.15) is 52.0 Å². The van der Waals surface area contributed by atoms with Gasteiger partial charge in [0.1, 0.15) is 5.75 Å². The fourth-order valence-electron chi connectivity index (χ4n) is 6.16. The molecule has 250 valence electrons. The summed E-state index contributed by atoms with van der Waals surface area (Å²) >= 11 is 0. The first-order valence-electron chi connectivity index (χ1n) is 16.2. The van der Waals surface area contributed by atoms with Crippen LogP contribution in [-0.4, -0.2) is 50.7 Å². The second kappa shape index (κ2) is 14.7. The third-order valence-electron chi connectivity index (χ3n) is 8.97. The van der Waals surface area contributed by atoms with E-state index in [4.69, 9.17) is 4.74 Å². The van der Waals surface area contributed by atoms with Crippen LogP contribution in [0.3, 0.4) is 0 Å². The Kier molecular flexibility index (Phi) is 9.98. The second-order valence-electron chi connectivity index (χ2n) is 12.1. The number of hydrogen-bond acceptors (Lipinski definition) is 7. The zero-order valence-corrected chi connectivity index (χ0v) is 27.4. The number of nitrogens with one attached hydrogen (secondary N) is 1. The number of aryl methyl sites for hydroxylation is 1. The van der Waals surface area contributed by atoms with E-state index in [0.29, 0.717) is 46.9 Å². The molecule has 0 spiro atoms. The molecular formula is C39H39N5O5. The zero-order valence-electron chi connectivity index (χ0n) is 27.4. The Morgan fingerprint density at radius 1 is 1.00 bits per heavy atom. The van der Waals surface area contributed by atoms with Crippen LogP contribution < -0.4 is 15.0 Å². The molecule has 1 unspecified atom stereocenters. The molecule has 6 rings (SSSR count). The molecule has 0 radical (unpaired) electrons. The molecule has 0 bridgehead atoms. The summed E-state index contributed by atoms with van der Waals surface area (Å²) in [7, 11) is 1.55. The van der Waals surface area contributed by atoms with Crippen molar-refractivity contribution >= 4 is 23.2 Å². The molecule has 49 heavy (non-hydrogen) atoms. The van der Waals surface area contributed by atoms with Gasteiger partial charge < -0.3 is 25.2 Å². The lowest BCUT2D eigenvalue weighted by molar-refractivity contribution is -0.139. The lowest BCUT2D eigenvalue weighted by Gasteiger charge is -2.28. The Bertz CT molecular complexity index is 1930. The molecule has 10 nitrogen and oxygen atoms in total. The van der Waals surface area contributed by atoms with Crippen LogP contribution in [0.25, 0.3) is 0 Å². The Labute approximate surface area is 285 Å². The van der Waals surface area contributed by atoms with E-state index in [1.807, 2.05) is 85.9 Å². The van der Waals surface area contributed by atoms with Crippen molar-refractivity contribution in [3.8, 4) is 5.75 Å². The molecule has 1 aliphatic heterocycles. The fourth-order valence-corrected chi connectivity index (χ4v) is 6.16. The molecule has 2 amide bonds. The van der Waals surface area contributed by atoms with Crippen LogP contribution in [-0.2, 0) is 23.5 Å². The van der Waals surface area contributed by atoms with Gasteiger partial charge in [-0.1, -0.05) is 85.0 Å². The number of carbonyl (C=O) groups is 2. The third kappa shape index (κ3) is 7.01. The van der Waals surface area contributed by atoms with Crippen molar-refractivity contribution in [1.29, 1.82) is 0 Å². The van der Waals surface area contributed by atoms with Gasteiger partial charge in [0.15, 0.2) is 5.60 Å². The minimum Gasteiger partial charge on any atom is -0.497 e. The summed E-state index contributed by atoms with van der Waals surface area (Å²) in [6.07, 6.45) is 6.22. The van der Waals surface area contributed by atoms with E-state index >= 15 is 0 Å². The fraction of sp³-hybridized carbons (Fsp3) is 0.231. The molecule has 5 aromatic rings. The summed E-state index contributed by atoms with van der Waals surface area (Å²) in [5, 5.41) is 33.5. The number of ether oxygens (including phenoxy) is 1. The number of benzene rings is 4. The van der Waals surface area contributed by atoms with E-state index < -0.39 is 17.4 Å². The highest BCUT2D eigenvalue weighted by atomic mass is 16.5. The number of aliphatic hydroxyl groups is 2. The van der Waals surface area contributed by atoms with E-state index in [0.717, 1.165) is 11.1 Å². The number of carbonyl (C=O) groups excluding carboxylic acids is 2. The molecule has 0 saturated heterocycles. The van der Waals surface area contributed by atoms with Gasteiger partial charge in [-0.05, 0) is 60.0 Å². The van der Waals surface area contributed by atoms with Crippen LogP contribution >= 0.6 is 0 Å². The van der Waals surface area contributed by atoms with Crippen LogP contribution in [0.5, 0.6) is 5.75 Å². The van der Waals surface area contributed by atoms with Crippen molar-refractivity contribution in [1.82, 2.24) is 15.0 Å². The van der Waals surface area contributed by atoms with Crippen molar-refractivity contribution in [3.05, 3.63) is 149 Å². The largest absolute Gasteiger partial charge is 0.497 e. The number of amides is 2. The van der Waals surface area contributed by atoms with Gasteiger partial charge in [-0.2, -0.15) is 0 Å². The first-order chi connectivity index (χ1) is 23.8. The minimum atomic E-state index is -1.81. The summed E-state index contributed by atoms with van der Waals surface area (Å²) in [5.74, 6) is -0.907. The molecule has 2 heterocycles. The molecule has 4 aromatic carbocycles. The molecule has 3 N–H and O–H groups in total. The van der Waals surface area contributed by atoms with Crippen LogP contribution in [0.4, 0.5) is 11.4 Å². The summed E-state index contributed by atoms with van der Waals surface area (Å²) in [5.41, 5.74) is 2.98. The number of allylic oxidation sites excluding steroid dienone is 1. The van der Waals surface area contributed by atoms with Crippen LogP contribution in [0.2, 0.25) is 0 Å². The smallest absolute Gasteiger partial charge is 0.264 e. The molecule has 1 aromatic heterocycles. The average Bonchev–Trinajstić information content (AvgIpc) is 3.69. The maximum Gasteiger partial charge on any atom is 0.264 e. The quantitative estimate of drug-likeness (QED) is 0.139. The lowest BCUT2D eigenvalue weighted by atomic mass is 9.83. The standard InChI is InChI=1S/C39H39N5O5/c1-27(11-9-10-22-43-25-35(41-42-43)33(26-45)29-12-5-3-6-13-29)39(48)34-23-32(49-2)20-21-36(34)44(38(39)47)24-28-16-18-31(19-17-28)40-37(46)30-14-7-4-8-15-30/h3-9,11-21,23,25,27,33,45,48H,10,22,24,26H2,1-2H3,(H,40,46)/b11-9+/t27-,33?,39+/m1/s1. The Morgan fingerprint density at radius 3 is 2.41 bits per heavy atom. The van der Waals surface area contributed by atoms with Crippen LogP contribution in [0.15, 0.2) is 121 Å². The first-order valence-corrected chi connectivity index (χ1v) is 16.2. The highest BCUT2D eigenvalue weighted by molar-refractivity contribution is 6.07. The van der Waals surface area contributed by atoms with E-state index in [9.17, 15) is 19.8 Å². The SMILES string of the molecule is COc1ccc2c(c1)[C@@](O)([C@H](C)/C=C/CCn1cc(C(CO)c3ccccc3)nn1)C(=O)N2Cc1ccc(NC(=O)c2ccccc2)cc1. The second-order valence-corrected chi connectivity index (χ2v) is 12.1. The monoisotopic (exact) mass is 657 g/mol. The molecular weight excluding hydrogens is 618 g/mol. The van der Waals surface area contributed by atoms with Crippen molar-refractivity contribution in [2.45, 2.75) is 38.0 Å². The van der Waals surface area contributed by atoms with Gasteiger partial charge in [0.25, 0.3) is 11.8 Å². The molecule has 1 aliphatic rings. The molecule has 0 aliphatic carbocycles. The Hall–Kier alpha value is -5.58.